The maximum atomic E-state index is 12.7. The summed E-state index contributed by atoms with van der Waals surface area (Å²) < 4.78 is 5.97. The standard InChI is InChI=1S/C21H20O4/c1-21(2)8-7-16-18(25-21)11-14-9-13(10-17(23)19(14)20(16)24)12-3-5-15(22)6-4-12/h3-8,11,13,22,24H,9-10H2,1-2H3. The average Bonchev–Trinajstić information content (AvgIpc) is 2.53. The predicted octanol–water partition coefficient (Wildman–Crippen LogP) is 4.19. The normalized spacial score (nSPS) is 20.6. The zero-order valence-corrected chi connectivity index (χ0v) is 14.2. The van der Waals surface area contributed by atoms with Crippen molar-refractivity contribution in [3.63, 3.8) is 0 Å². The number of phenolic OH excluding ortho intramolecular Hbond substituents is 2. The number of ether oxygens (including phenoxy) is 1. The Morgan fingerprint density at radius 2 is 1.84 bits per heavy atom. The molecule has 0 aromatic heterocycles. The van der Waals surface area contributed by atoms with E-state index in [1.54, 1.807) is 12.1 Å². The zero-order valence-electron chi connectivity index (χ0n) is 14.2. The molecule has 2 N–H and O–H groups in total. The minimum Gasteiger partial charge on any atom is -0.508 e. The van der Waals surface area contributed by atoms with Crippen molar-refractivity contribution in [2.45, 2.75) is 38.2 Å². The monoisotopic (exact) mass is 336 g/mol. The number of ketones is 1. The fraction of sp³-hybridized carbons (Fsp3) is 0.286. The van der Waals surface area contributed by atoms with Crippen LogP contribution in [0.2, 0.25) is 0 Å². The summed E-state index contributed by atoms with van der Waals surface area (Å²) in [7, 11) is 0. The van der Waals surface area contributed by atoms with Gasteiger partial charge >= 0.3 is 0 Å². The summed E-state index contributed by atoms with van der Waals surface area (Å²) in [5.74, 6) is 0.819. The molecular weight excluding hydrogens is 316 g/mol. The molecule has 0 amide bonds. The van der Waals surface area contributed by atoms with Gasteiger partial charge in [0.25, 0.3) is 0 Å². The van der Waals surface area contributed by atoms with E-state index in [1.165, 1.54) is 0 Å². The van der Waals surface area contributed by atoms with Crippen molar-refractivity contribution in [3.05, 3.63) is 58.7 Å². The number of hydrogen-bond donors (Lipinski definition) is 2. The largest absolute Gasteiger partial charge is 0.508 e. The molecule has 1 aliphatic carbocycles. The lowest BCUT2D eigenvalue weighted by atomic mass is 9.78. The molecule has 0 radical (unpaired) electrons. The third-order valence-electron chi connectivity index (χ3n) is 4.95. The summed E-state index contributed by atoms with van der Waals surface area (Å²) in [6.45, 7) is 3.90. The fourth-order valence-corrected chi connectivity index (χ4v) is 3.68. The van der Waals surface area contributed by atoms with E-state index >= 15 is 0 Å². The Kier molecular flexibility index (Phi) is 3.39. The Morgan fingerprint density at radius 3 is 2.56 bits per heavy atom. The molecule has 0 saturated carbocycles. The lowest BCUT2D eigenvalue weighted by Gasteiger charge is -2.31. The van der Waals surface area contributed by atoms with Gasteiger partial charge in [-0.1, -0.05) is 12.1 Å². The summed E-state index contributed by atoms with van der Waals surface area (Å²) in [5.41, 5.74) is 2.38. The van der Waals surface area contributed by atoms with Crippen LogP contribution < -0.4 is 4.74 Å². The predicted molar refractivity (Wildman–Crippen MR) is 95.3 cm³/mol. The van der Waals surface area contributed by atoms with Crippen molar-refractivity contribution in [1.29, 1.82) is 0 Å². The highest BCUT2D eigenvalue weighted by Crippen LogP contribution is 2.45. The number of Topliss-reactive ketones (excluding diaryl/α,β-unsaturated/α-hetero) is 1. The molecule has 0 spiro atoms. The van der Waals surface area contributed by atoms with E-state index in [-0.39, 0.29) is 23.2 Å². The molecule has 0 saturated heterocycles. The van der Waals surface area contributed by atoms with Crippen LogP contribution in [0.1, 0.15) is 53.2 Å². The molecule has 4 rings (SSSR count). The van der Waals surface area contributed by atoms with Gasteiger partial charge in [-0.05, 0) is 67.7 Å². The van der Waals surface area contributed by atoms with Crippen LogP contribution in [-0.4, -0.2) is 21.6 Å². The van der Waals surface area contributed by atoms with Crippen LogP contribution >= 0.6 is 0 Å². The van der Waals surface area contributed by atoms with Crippen molar-refractivity contribution < 1.29 is 19.7 Å². The molecule has 1 unspecified atom stereocenters. The topological polar surface area (TPSA) is 66.8 Å². The van der Waals surface area contributed by atoms with E-state index in [9.17, 15) is 15.0 Å². The van der Waals surface area contributed by atoms with Crippen LogP contribution in [0.25, 0.3) is 6.08 Å². The van der Waals surface area contributed by atoms with E-state index in [4.69, 9.17) is 4.74 Å². The van der Waals surface area contributed by atoms with E-state index < -0.39 is 5.60 Å². The first-order valence-corrected chi connectivity index (χ1v) is 8.43. The van der Waals surface area contributed by atoms with Crippen molar-refractivity contribution in [2.24, 2.45) is 0 Å². The SMILES string of the molecule is CC1(C)C=Cc2c(cc3c(c2O)C(=O)CC(c2ccc(O)cc2)C3)O1. The third kappa shape index (κ3) is 2.68. The van der Waals surface area contributed by atoms with E-state index in [0.717, 1.165) is 11.1 Å². The smallest absolute Gasteiger partial charge is 0.167 e. The Hall–Kier alpha value is -2.75. The maximum Gasteiger partial charge on any atom is 0.167 e. The van der Waals surface area contributed by atoms with Gasteiger partial charge in [0.2, 0.25) is 0 Å². The number of aromatic hydroxyl groups is 2. The van der Waals surface area contributed by atoms with Gasteiger partial charge in [-0.25, -0.2) is 0 Å². The van der Waals surface area contributed by atoms with Gasteiger partial charge in [0.1, 0.15) is 22.8 Å². The number of phenols is 2. The number of carbonyl (C=O) groups is 1. The summed E-state index contributed by atoms with van der Waals surface area (Å²) in [4.78, 5) is 12.7. The number of carbonyl (C=O) groups excluding carboxylic acids is 1. The molecule has 2 aromatic rings. The van der Waals surface area contributed by atoms with Gasteiger partial charge < -0.3 is 14.9 Å². The van der Waals surface area contributed by atoms with Gasteiger partial charge in [-0.15, -0.1) is 0 Å². The Morgan fingerprint density at radius 1 is 1.12 bits per heavy atom. The summed E-state index contributed by atoms with van der Waals surface area (Å²) in [5, 5.41) is 20.1. The molecule has 2 aromatic carbocycles. The first-order chi connectivity index (χ1) is 11.8. The zero-order chi connectivity index (χ0) is 17.8. The number of fused-ring (bicyclic) bond motifs is 2. The van der Waals surface area contributed by atoms with Gasteiger partial charge in [-0.2, -0.15) is 0 Å². The number of rotatable bonds is 1. The Bertz CT molecular complexity index is 891. The van der Waals surface area contributed by atoms with Gasteiger partial charge in [0.05, 0.1) is 11.1 Å². The molecule has 2 aliphatic rings. The number of hydrogen-bond acceptors (Lipinski definition) is 4. The van der Waals surface area contributed by atoms with Crippen LogP contribution in [0.3, 0.4) is 0 Å². The fourth-order valence-electron chi connectivity index (χ4n) is 3.68. The molecule has 1 heterocycles. The molecule has 1 atom stereocenters. The Labute approximate surface area is 146 Å². The van der Waals surface area contributed by atoms with Crippen LogP contribution in [0.15, 0.2) is 36.4 Å². The molecule has 128 valence electrons. The lowest BCUT2D eigenvalue weighted by Crippen LogP contribution is -2.28. The van der Waals surface area contributed by atoms with Crippen molar-refractivity contribution in [1.82, 2.24) is 0 Å². The molecule has 25 heavy (non-hydrogen) atoms. The van der Waals surface area contributed by atoms with Crippen molar-refractivity contribution >= 4 is 11.9 Å². The van der Waals surface area contributed by atoms with E-state index in [2.05, 4.69) is 0 Å². The van der Waals surface area contributed by atoms with Crippen molar-refractivity contribution in [3.8, 4) is 17.2 Å². The van der Waals surface area contributed by atoms with Crippen LogP contribution in [0, 0.1) is 0 Å². The highest BCUT2D eigenvalue weighted by Gasteiger charge is 2.33. The van der Waals surface area contributed by atoms with Gasteiger partial charge in [0.15, 0.2) is 5.78 Å². The van der Waals surface area contributed by atoms with Crippen molar-refractivity contribution in [2.75, 3.05) is 0 Å². The maximum absolute atomic E-state index is 12.7. The van der Waals surface area contributed by atoms with Crippen LogP contribution in [-0.2, 0) is 6.42 Å². The molecule has 4 heteroatoms. The molecular formula is C21H20O4. The van der Waals surface area contributed by atoms with Gasteiger partial charge in [-0.3, -0.25) is 4.79 Å². The molecule has 0 bridgehead atoms. The van der Waals surface area contributed by atoms with E-state index in [0.29, 0.717) is 29.7 Å². The second-order valence-corrected chi connectivity index (χ2v) is 7.33. The molecule has 1 aliphatic heterocycles. The summed E-state index contributed by atoms with van der Waals surface area (Å²) >= 11 is 0. The van der Waals surface area contributed by atoms with E-state index in [1.807, 2.05) is 44.2 Å². The summed E-state index contributed by atoms with van der Waals surface area (Å²) in [6.07, 6.45) is 4.71. The second kappa shape index (κ2) is 5.38. The van der Waals surface area contributed by atoms with Crippen LogP contribution in [0.4, 0.5) is 0 Å². The minimum absolute atomic E-state index is 0.0217. The summed E-state index contributed by atoms with van der Waals surface area (Å²) in [6, 6.07) is 8.85. The average molecular weight is 336 g/mol. The van der Waals surface area contributed by atoms with Crippen LogP contribution in [0.5, 0.6) is 17.2 Å². The Balaban J connectivity index is 1.77. The minimum atomic E-state index is -0.442. The quantitative estimate of drug-likeness (QED) is 0.819. The highest BCUT2D eigenvalue weighted by atomic mass is 16.5. The second-order valence-electron chi connectivity index (χ2n) is 7.33. The third-order valence-corrected chi connectivity index (χ3v) is 4.95. The molecule has 0 fully saturated rings. The van der Waals surface area contributed by atoms with Gasteiger partial charge in [0, 0.05) is 6.42 Å². The molecule has 4 nitrogen and oxygen atoms in total. The number of benzene rings is 2. The highest BCUT2D eigenvalue weighted by molar-refractivity contribution is 6.03. The first-order valence-electron chi connectivity index (χ1n) is 8.43. The first kappa shape index (κ1) is 15.8. The lowest BCUT2D eigenvalue weighted by molar-refractivity contribution is 0.0960.